The van der Waals surface area contributed by atoms with E-state index in [1.54, 1.807) is 74.5 Å². The van der Waals surface area contributed by atoms with Crippen molar-refractivity contribution in [2.24, 2.45) is 0 Å². The first-order valence-corrected chi connectivity index (χ1v) is 16.1. The molecule has 8 nitrogen and oxygen atoms in total. The second-order valence-corrected chi connectivity index (χ2v) is 12.4. The number of nitrogens with one attached hydrogen (secondary N) is 1. The Morgan fingerprint density at radius 3 is 2.10 bits per heavy atom. The minimum atomic E-state index is -4.24. The van der Waals surface area contributed by atoms with E-state index in [0.717, 1.165) is 4.31 Å². The fourth-order valence-electron chi connectivity index (χ4n) is 4.39. The van der Waals surface area contributed by atoms with Gasteiger partial charge in [0.15, 0.2) is 0 Å². The molecule has 42 heavy (non-hydrogen) atoms. The number of rotatable bonds is 14. The molecular formula is C31H37Cl2N3O5S. The largest absolute Gasteiger partial charge is 0.492 e. The normalized spacial score (nSPS) is 12.7. The van der Waals surface area contributed by atoms with E-state index in [0.29, 0.717) is 27.8 Å². The van der Waals surface area contributed by atoms with Gasteiger partial charge in [0.1, 0.15) is 18.3 Å². The molecule has 0 aliphatic carbocycles. The molecule has 2 amide bonds. The van der Waals surface area contributed by atoms with E-state index < -0.39 is 28.5 Å². The maximum Gasteiger partial charge on any atom is 0.264 e. The van der Waals surface area contributed by atoms with E-state index in [1.165, 1.54) is 17.0 Å². The summed E-state index contributed by atoms with van der Waals surface area (Å²) in [4.78, 5) is 29.1. The van der Waals surface area contributed by atoms with Crippen LogP contribution in [0.1, 0.15) is 46.1 Å². The van der Waals surface area contributed by atoms with Crippen LogP contribution in [0.15, 0.2) is 77.7 Å². The van der Waals surface area contributed by atoms with Crippen LogP contribution in [0.25, 0.3) is 0 Å². The molecule has 0 spiro atoms. The van der Waals surface area contributed by atoms with Gasteiger partial charge in [0.2, 0.25) is 11.8 Å². The third-order valence-electron chi connectivity index (χ3n) is 6.82. The summed E-state index contributed by atoms with van der Waals surface area (Å²) in [6, 6.07) is 18.4. The van der Waals surface area contributed by atoms with Crippen molar-refractivity contribution in [1.29, 1.82) is 0 Å². The average Bonchev–Trinajstić information content (AvgIpc) is 2.98. The van der Waals surface area contributed by atoms with Gasteiger partial charge in [-0.25, -0.2) is 8.42 Å². The smallest absolute Gasteiger partial charge is 0.264 e. The zero-order valence-electron chi connectivity index (χ0n) is 24.2. The summed E-state index contributed by atoms with van der Waals surface area (Å²) in [5, 5.41) is 3.60. The minimum absolute atomic E-state index is 0.00588. The van der Waals surface area contributed by atoms with Gasteiger partial charge in [-0.2, -0.15) is 0 Å². The van der Waals surface area contributed by atoms with Crippen molar-refractivity contribution in [3.63, 3.8) is 0 Å². The molecule has 0 fully saturated rings. The maximum absolute atomic E-state index is 14.3. The van der Waals surface area contributed by atoms with Crippen LogP contribution in [0.5, 0.6) is 5.75 Å². The van der Waals surface area contributed by atoms with Crippen LogP contribution in [0.4, 0.5) is 5.69 Å². The Bertz CT molecular complexity index is 1450. The van der Waals surface area contributed by atoms with E-state index in [1.807, 2.05) is 13.8 Å². The molecule has 3 aromatic rings. The highest BCUT2D eigenvalue weighted by molar-refractivity contribution is 7.92. The first-order valence-electron chi connectivity index (χ1n) is 13.9. The number of carbonyl (C=O) groups excluding carboxylic acids is 2. The molecule has 2 atom stereocenters. The van der Waals surface area contributed by atoms with Crippen LogP contribution in [-0.2, 0) is 26.2 Å². The Morgan fingerprint density at radius 1 is 0.881 bits per heavy atom. The van der Waals surface area contributed by atoms with Gasteiger partial charge in [0.05, 0.1) is 17.2 Å². The average molecular weight is 635 g/mol. The van der Waals surface area contributed by atoms with Crippen molar-refractivity contribution in [2.75, 3.05) is 17.5 Å². The van der Waals surface area contributed by atoms with Gasteiger partial charge >= 0.3 is 0 Å². The van der Waals surface area contributed by atoms with Crippen LogP contribution in [0, 0.1) is 0 Å². The second-order valence-electron chi connectivity index (χ2n) is 9.69. The molecule has 0 saturated heterocycles. The monoisotopic (exact) mass is 633 g/mol. The molecule has 0 bridgehead atoms. The molecule has 0 aliphatic heterocycles. The molecule has 0 saturated carbocycles. The molecule has 0 radical (unpaired) electrons. The first-order chi connectivity index (χ1) is 20.0. The molecule has 11 heteroatoms. The van der Waals surface area contributed by atoms with Crippen LogP contribution < -0.4 is 14.4 Å². The van der Waals surface area contributed by atoms with Crippen LogP contribution in [0.3, 0.4) is 0 Å². The lowest BCUT2D eigenvalue weighted by atomic mass is 10.1. The number of anilines is 1. The van der Waals surface area contributed by atoms with Gasteiger partial charge in [-0.1, -0.05) is 73.4 Å². The highest BCUT2D eigenvalue weighted by Gasteiger charge is 2.35. The van der Waals surface area contributed by atoms with Crippen LogP contribution >= 0.6 is 23.2 Å². The van der Waals surface area contributed by atoms with Crippen molar-refractivity contribution < 1.29 is 22.7 Å². The van der Waals surface area contributed by atoms with Crippen molar-refractivity contribution >= 4 is 50.7 Å². The van der Waals surface area contributed by atoms with Gasteiger partial charge in [-0.05, 0) is 63.1 Å². The van der Waals surface area contributed by atoms with Crippen molar-refractivity contribution in [1.82, 2.24) is 10.2 Å². The molecule has 0 aliphatic rings. The van der Waals surface area contributed by atoms with Crippen LogP contribution in [-0.4, -0.2) is 50.4 Å². The van der Waals surface area contributed by atoms with Crippen molar-refractivity contribution in [3.05, 3.63) is 88.4 Å². The summed E-state index contributed by atoms with van der Waals surface area (Å²) < 4.78 is 34.9. The maximum atomic E-state index is 14.3. The molecule has 1 N–H and O–H groups in total. The number of nitrogens with zero attached hydrogens (tertiary/aromatic N) is 2. The summed E-state index contributed by atoms with van der Waals surface area (Å²) in [6.45, 7) is 6.98. The Kier molecular flexibility index (Phi) is 12.1. The number of hydrogen-bond donors (Lipinski definition) is 1. The molecule has 3 rings (SSSR count). The Hall–Kier alpha value is -3.27. The number of carbonyl (C=O) groups is 2. The number of halogens is 2. The van der Waals surface area contributed by atoms with Gasteiger partial charge in [-0.15, -0.1) is 0 Å². The summed E-state index contributed by atoms with van der Waals surface area (Å²) in [6.07, 6.45) is 0.973. The lowest BCUT2D eigenvalue weighted by molar-refractivity contribution is -0.140. The fraction of sp³-hybridized carbons (Fsp3) is 0.355. The number of para-hydroxylation sites is 2. The highest BCUT2D eigenvalue weighted by atomic mass is 35.5. The summed E-state index contributed by atoms with van der Waals surface area (Å²) >= 11 is 13.0. The first kappa shape index (κ1) is 33.2. The lowest BCUT2D eigenvalue weighted by Gasteiger charge is -2.34. The fourth-order valence-corrected chi connectivity index (χ4v) is 6.35. The van der Waals surface area contributed by atoms with E-state index in [2.05, 4.69) is 5.32 Å². The number of sulfonamides is 1. The van der Waals surface area contributed by atoms with Gasteiger partial charge in [0, 0.05) is 28.2 Å². The lowest BCUT2D eigenvalue weighted by Crippen LogP contribution is -2.53. The number of hydrogen-bond acceptors (Lipinski definition) is 5. The summed E-state index contributed by atoms with van der Waals surface area (Å²) in [5.41, 5.74) is 0.653. The summed E-state index contributed by atoms with van der Waals surface area (Å²) in [7, 11) is -4.24. The third kappa shape index (κ3) is 7.96. The standard InChI is InChI=1S/C31H37Cl2N3O5S/c1-5-22(4)34-31(38)27(6-2)35(20-24-25(32)16-13-17-26(24)33)30(37)21-36(28-18-11-12-19-29(28)41-7-3)42(39,40)23-14-9-8-10-15-23/h8-19,22,27H,5-7,20-21H2,1-4H3,(H,34,38)/t22-,27+/m1/s1. The highest BCUT2D eigenvalue weighted by Crippen LogP contribution is 2.33. The molecule has 0 heterocycles. The summed E-state index contributed by atoms with van der Waals surface area (Å²) in [5.74, 6) is -0.659. The van der Waals surface area contributed by atoms with Crippen LogP contribution in [0.2, 0.25) is 10.0 Å². The second kappa shape index (κ2) is 15.3. The Labute approximate surface area is 258 Å². The van der Waals surface area contributed by atoms with E-state index in [-0.39, 0.29) is 42.1 Å². The molecule has 0 aromatic heterocycles. The van der Waals surface area contributed by atoms with Gasteiger partial charge < -0.3 is 15.0 Å². The van der Waals surface area contributed by atoms with Gasteiger partial charge in [0.25, 0.3) is 10.0 Å². The number of benzene rings is 3. The number of ether oxygens (including phenoxy) is 1. The quantitative estimate of drug-likeness (QED) is 0.224. The third-order valence-corrected chi connectivity index (χ3v) is 9.30. The molecule has 3 aromatic carbocycles. The predicted molar refractivity (Wildman–Crippen MR) is 168 cm³/mol. The Balaban J connectivity index is 2.14. The molecular weight excluding hydrogens is 597 g/mol. The van der Waals surface area contributed by atoms with Crippen molar-refractivity contribution in [2.45, 2.75) is 64.1 Å². The molecule has 0 unspecified atom stereocenters. The predicted octanol–water partition coefficient (Wildman–Crippen LogP) is 6.31. The molecule has 226 valence electrons. The number of amides is 2. The van der Waals surface area contributed by atoms with Gasteiger partial charge in [-0.3, -0.25) is 13.9 Å². The SMILES string of the molecule is CCOc1ccccc1N(CC(=O)N(Cc1c(Cl)cccc1Cl)[C@@H](CC)C(=O)N[C@H](C)CC)S(=O)(=O)c1ccccc1. The minimum Gasteiger partial charge on any atom is -0.492 e. The zero-order valence-corrected chi connectivity index (χ0v) is 26.5. The Morgan fingerprint density at radius 2 is 1.50 bits per heavy atom. The van der Waals surface area contributed by atoms with E-state index in [4.69, 9.17) is 27.9 Å². The zero-order chi connectivity index (χ0) is 30.9. The topological polar surface area (TPSA) is 96.0 Å². The van der Waals surface area contributed by atoms with E-state index in [9.17, 15) is 18.0 Å². The van der Waals surface area contributed by atoms with E-state index >= 15 is 0 Å². The van der Waals surface area contributed by atoms with Crippen molar-refractivity contribution in [3.8, 4) is 5.75 Å².